The molecular weight excluding hydrogens is 492 g/mol. The van der Waals surface area contributed by atoms with Gasteiger partial charge in [0.2, 0.25) is 10.0 Å². The van der Waals surface area contributed by atoms with Gasteiger partial charge in [-0.05, 0) is 83.6 Å². The molecule has 3 aromatic carbocycles. The van der Waals surface area contributed by atoms with E-state index < -0.39 is 10.0 Å². The Balaban J connectivity index is 1.92. The molecule has 36 heavy (non-hydrogen) atoms. The number of sulfonamides is 1. The van der Waals surface area contributed by atoms with Crippen molar-refractivity contribution in [3.63, 3.8) is 0 Å². The average Bonchev–Trinajstić information content (AvgIpc) is 2.82. The second-order valence-electron chi connectivity index (χ2n) is 9.80. The number of nitrogens with zero attached hydrogens (tertiary/aromatic N) is 1. The molecule has 0 spiro atoms. The molecule has 1 atom stereocenters. The highest BCUT2D eigenvalue weighted by molar-refractivity contribution is 7.89. The van der Waals surface area contributed by atoms with Gasteiger partial charge in [-0.3, -0.25) is 0 Å². The lowest BCUT2D eigenvalue weighted by Crippen LogP contribution is -2.28. The maximum absolute atomic E-state index is 13.0. The Morgan fingerprint density at radius 2 is 1.61 bits per heavy atom. The van der Waals surface area contributed by atoms with E-state index in [-0.39, 0.29) is 29.7 Å². The highest BCUT2D eigenvalue weighted by Crippen LogP contribution is 2.34. The van der Waals surface area contributed by atoms with Gasteiger partial charge in [0.25, 0.3) is 0 Å². The standard InChI is InChI=1S/C29H35ClN2O3S/c1-20(2)28-16-24(23-7-6-8-25(30)15-23)17-29(27(28)13-14-33)21(3)18-31-36(34,35)26-11-9-22(10-12-26)19-32(4)5/h6-12,14-17,20-21,31H,13,18-19H2,1-5H3. The molecule has 0 saturated heterocycles. The quantitative estimate of drug-likeness (QED) is 0.310. The Kier molecular flexibility index (Phi) is 9.47. The third kappa shape index (κ3) is 7.04. The normalized spacial score (nSPS) is 12.8. The molecule has 192 valence electrons. The summed E-state index contributed by atoms with van der Waals surface area (Å²) in [4.78, 5) is 13.9. The largest absolute Gasteiger partial charge is 0.305 e. The molecule has 1 N–H and O–H groups in total. The Labute approximate surface area is 220 Å². The molecular formula is C29H35ClN2O3S. The first-order valence-corrected chi connectivity index (χ1v) is 14.0. The first kappa shape index (κ1) is 28.1. The van der Waals surface area contributed by atoms with Gasteiger partial charge in [0.15, 0.2) is 0 Å². The smallest absolute Gasteiger partial charge is 0.240 e. The fraction of sp³-hybridized carbons (Fsp3) is 0.345. The molecule has 0 heterocycles. The van der Waals surface area contributed by atoms with Gasteiger partial charge in [0.05, 0.1) is 4.90 Å². The molecule has 0 saturated carbocycles. The second-order valence-corrected chi connectivity index (χ2v) is 12.0. The predicted octanol–water partition coefficient (Wildman–Crippen LogP) is 6.02. The van der Waals surface area contributed by atoms with E-state index in [1.165, 1.54) is 0 Å². The molecule has 0 aliphatic carbocycles. The minimum Gasteiger partial charge on any atom is -0.305 e. The minimum absolute atomic E-state index is 0.153. The molecule has 0 bridgehead atoms. The number of carbonyl (C=O) groups excluding carboxylic acids is 1. The lowest BCUT2D eigenvalue weighted by atomic mass is 9.84. The summed E-state index contributed by atoms with van der Waals surface area (Å²) in [7, 11) is 0.263. The van der Waals surface area contributed by atoms with E-state index in [1.54, 1.807) is 12.1 Å². The summed E-state index contributed by atoms with van der Waals surface area (Å²) in [5, 5.41) is 0.648. The maximum Gasteiger partial charge on any atom is 0.240 e. The van der Waals surface area contributed by atoms with Crippen LogP contribution < -0.4 is 4.72 Å². The van der Waals surface area contributed by atoms with Crippen LogP contribution in [0.1, 0.15) is 54.9 Å². The van der Waals surface area contributed by atoms with Crippen molar-refractivity contribution in [2.45, 2.75) is 50.5 Å². The molecule has 5 nitrogen and oxygen atoms in total. The van der Waals surface area contributed by atoms with Crippen molar-refractivity contribution in [1.82, 2.24) is 9.62 Å². The number of halogens is 1. The Bertz CT molecular complexity index is 1300. The predicted molar refractivity (Wildman–Crippen MR) is 148 cm³/mol. The summed E-state index contributed by atoms with van der Waals surface area (Å²) in [6.07, 6.45) is 1.19. The molecule has 0 amide bonds. The summed E-state index contributed by atoms with van der Waals surface area (Å²) >= 11 is 6.25. The van der Waals surface area contributed by atoms with E-state index in [0.717, 1.165) is 46.2 Å². The van der Waals surface area contributed by atoms with E-state index in [2.05, 4.69) is 30.7 Å². The molecule has 0 fully saturated rings. The monoisotopic (exact) mass is 526 g/mol. The van der Waals surface area contributed by atoms with E-state index in [9.17, 15) is 13.2 Å². The fourth-order valence-electron chi connectivity index (χ4n) is 4.39. The van der Waals surface area contributed by atoms with Crippen molar-refractivity contribution in [3.05, 3.63) is 87.9 Å². The summed E-state index contributed by atoms with van der Waals surface area (Å²) in [6, 6.07) is 18.8. The first-order chi connectivity index (χ1) is 17.0. The van der Waals surface area contributed by atoms with Crippen LogP contribution in [-0.4, -0.2) is 40.2 Å². The fourth-order valence-corrected chi connectivity index (χ4v) is 5.71. The first-order valence-electron chi connectivity index (χ1n) is 12.1. The molecule has 0 aliphatic rings. The zero-order chi connectivity index (χ0) is 26.5. The zero-order valence-corrected chi connectivity index (χ0v) is 23.2. The van der Waals surface area contributed by atoms with Crippen LogP contribution in [0.25, 0.3) is 11.1 Å². The van der Waals surface area contributed by atoms with E-state index in [4.69, 9.17) is 11.6 Å². The van der Waals surface area contributed by atoms with Crippen LogP contribution in [0, 0.1) is 0 Å². The highest BCUT2D eigenvalue weighted by atomic mass is 35.5. The maximum atomic E-state index is 13.0. The van der Waals surface area contributed by atoms with Gasteiger partial charge in [-0.1, -0.05) is 68.8 Å². The number of rotatable bonds is 11. The van der Waals surface area contributed by atoms with Gasteiger partial charge in [0, 0.05) is 24.5 Å². The van der Waals surface area contributed by atoms with Crippen LogP contribution in [0.3, 0.4) is 0 Å². The lowest BCUT2D eigenvalue weighted by molar-refractivity contribution is -0.107. The third-order valence-corrected chi connectivity index (χ3v) is 7.90. The highest BCUT2D eigenvalue weighted by Gasteiger charge is 2.21. The molecule has 3 aromatic rings. The summed E-state index contributed by atoms with van der Waals surface area (Å²) in [5.41, 5.74) is 6.04. The van der Waals surface area contributed by atoms with Gasteiger partial charge in [0.1, 0.15) is 6.29 Å². The van der Waals surface area contributed by atoms with Gasteiger partial charge >= 0.3 is 0 Å². The molecule has 0 aromatic heterocycles. The van der Waals surface area contributed by atoms with Gasteiger partial charge < -0.3 is 9.69 Å². The molecule has 3 rings (SSSR count). The van der Waals surface area contributed by atoms with Gasteiger partial charge in [-0.2, -0.15) is 0 Å². The zero-order valence-electron chi connectivity index (χ0n) is 21.6. The summed E-state index contributed by atoms with van der Waals surface area (Å²) in [5.74, 6) is 0.0433. The Hall–Kier alpha value is -2.51. The van der Waals surface area contributed by atoms with Crippen molar-refractivity contribution in [2.24, 2.45) is 0 Å². The van der Waals surface area contributed by atoms with Crippen LogP contribution in [0.15, 0.2) is 65.6 Å². The number of hydrogen-bond acceptors (Lipinski definition) is 4. The number of nitrogens with one attached hydrogen (secondary N) is 1. The van der Waals surface area contributed by atoms with E-state index in [0.29, 0.717) is 5.02 Å². The third-order valence-electron chi connectivity index (χ3n) is 6.23. The summed E-state index contributed by atoms with van der Waals surface area (Å²) in [6.45, 7) is 7.14. The molecule has 1 unspecified atom stereocenters. The molecule has 0 radical (unpaired) electrons. The number of aldehydes is 1. The van der Waals surface area contributed by atoms with Crippen molar-refractivity contribution in [3.8, 4) is 11.1 Å². The molecule has 0 aliphatic heterocycles. The van der Waals surface area contributed by atoms with Crippen LogP contribution in [0.2, 0.25) is 5.02 Å². The summed E-state index contributed by atoms with van der Waals surface area (Å²) < 4.78 is 28.8. The van der Waals surface area contributed by atoms with Crippen LogP contribution in [-0.2, 0) is 27.8 Å². The van der Waals surface area contributed by atoms with Crippen LogP contribution in [0.4, 0.5) is 0 Å². The lowest BCUT2D eigenvalue weighted by Gasteiger charge is -2.23. The minimum atomic E-state index is -3.68. The van der Waals surface area contributed by atoms with Crippen molar-refractivity contribution >= 4 is 27.9 Å². The average molecular weight is 527 g/mol. The van der Waals surface area contributed by atoms with Crippen LogP contribution in [0.5, 0.6) is 0 Å². The topological polar surface area (TPSA) is 66.5 Å². The molecule has 7 heteroatoms. The van der Waals surface area contributed by atoms with Crippen LogP contribution >= 0.6 is 11.6 Å². The van der Waals surface area contributed by atoms with Crippen molar-refractivity contribution < 1.29 is 13.2 Å². The number of carbonyl (C=O) groups is 1. The van der Waals surface area contributed by atoms with Crippen molar-refractivity contribution in [1.29, 1.82) is 0 Å². The van der Waals surface area contributed by atoms with E-state index in [1.807, 2.05) is 62.3 Å². The van der Waals surface area contributed by atoms with Gasteiger partial charge in [-0.15, -0.1) is 0 Å². The Morgan fingerprint density at radius 3 is 2.19 bits per heavy atom. The van der Waals surface area contributed by atoms with Gasteiger partial charge in [-0.25, -0.2) is 13.1 Å². The van der Waals surface area contributed by atoms with E-state index >= 15 is 0 Å². The van der Waals surface area contributed by atoms with Crippen molar-refractivity contribution in [2.75, 3.05) is 20.6 Å². The SMILES string of the molecule is CC(C)c1cc(-c2cccc(Cl)c2)cc(C(C)CNS(=O)(=O)c2ccc(CN(C)C)cc2)c1CC=O. The second kappa shape index (κ2) is 12.2. The number of hydrogen-bond donors (Lipinski definition) is 1. The Morgan fingerprint density at radius 1 is 0.944 bits per heavy atom. The number of benzene rings is 3.